The maximum absolute atomic E-state index is 4.33. The van der Waals surface area contributed by atoms with Gasteiger partial charge in [0.05, 0.1) is 6.04 Å². The summed E-state index contributed by atoms with van der Waals surface area (Å²) >= 11 is 0. The molecule has 3 heteroatoms. The number of rotatable bonds is 4. The normalized spacial score (nSPS) is 12.2. The van der Waals surface area contributed by atoms with E-state index in [-0.39, 0.29) is 6.04 Å². The van der Waals surface area contributed by atoms with Crippen LogP contribution in [0.2, 0.25) is 0 Å². The van der Waals surface area contributed by atoms with Crippen molar-refractivity contribution in [3.05, 3.63) is 95.4 Å². The van der Waals surface area contributed by atoms with Gasteiger partial charge in [-0.25, -0.2) is 0 Å². The molecule has 0 radical (unpaired) electrons. The van der Waals surface area contributed by atoms with Gasteiger partial charge in [-0.3, -0.25) is 4.98 Å². The second kappa shape index (κ2) is 6.44. The fraction of sp³-hybridized carbons (Fsp3) is 0.136. The molecule has 0 fully saturated rings. The molecule has 0 aliphatic heterocycles. The number of H-pyrrole nitrogens is 1. The van der Waals surface area contributed by atoms with Crippen molar-refractivity contribution < 1.29 is 0 Å². The van der Waals surface area contributed by atoms with Crippen molar-refractivity contribution in [2.45, 2.75) is 19.9 Å². The van der Waals surface area contributed by atoms with Crippen LogP contribution < -0.4 is 5.32 Å². The zero-order valence-corrected chi connectivity index (χ0v) is 14.5. The second-order valence-electron chi connectivity index (χ2n) is 6.44. The van der Waals surface area contributed by atoms with E-state index in [1.165, 1.54) is 22.2 Å². The lowest BCUT2D eigenvalue weighted by Crippen LogP contribution is -2.13. The molecule has 0 amide bonds. The van der Waals surface area contributed by atoms with E-state index in [4.69, 9.17) is 0 Å². The number of aryl methyl sites for hydroxylation is 2. The van der Waals surface area contributed by atoms with E-state index in [0.29, 0.717) is 0 Å². The Hall–Kier alpha value is -3.07. The molecule has 0 saturated heterocycles. The SMILES string of the molecule is Cc1ccc(NC(c2cccnc2)c2c(C)[nH]c3ccccc23)cc1. The highest BCUT2D eigenvalue weighted by atomic mass is 14.9. The van der Waals surface area contributed by atoms with Gasteiger partial charge in [0.25, 0.3) is 0 Å². The standard InChI is InChI=1S/C22H21N3/c1-15-9-11-18(12-10-15)25-22(17-6-5-13-23-14-17)21-16(2)24-20-8-4-3-7-19(20)21/h3-14,22,24-25H,1-2H3. The third-order valence-corrected chi connectivity index (χ3v) is 4.61. The molecule has 3 nitrogen and oxygen atoms in total. The Kier molecular flexibility index (Phi) is 3.98. The van der Waals surface area contributed by atoms with E-state index in [1.807, 2.05) is 18.5 Å². The van der Waals surface area contributed by atoms with Gasteiger partial charge in [-0.05, 0) is 43.7 Å². The summed E-state index contributed by atoms with van der Waals surface area (Å²) in [5.41, 5.74) is 7.11. The van der Waals surface area contributed by atoms with Gasteiger partial charge < -0.3 is 10.3 Å². The molecule has 4 rings (SSSR count). The first-order chi connectivity index (χ1) is 12.2. The van der Waals surface area contributed by atoms with Gasteiger partial charge in [0.1, 0.15) is 0 Å². The van der Waals surface area contributed by atoms with Crippen LogP contribution in [0.25, 0.3) is 10.9 Å². The van der Waals surface area contributed by atoms with Gasteiger partial charge >= 0.3 is 0 Å². The first kappa shape index (κ1) is 15.5. The number of nitrogens with zero attached hydrogens (tertiary/aromatic N) is 1. The van der Waals surface area contributed by atoms with Crippen LogP contribution >= 0.6 is 0 Å². The number of hydrogen-bond donors (Lipinski definition) is 2. The highest BCUT2D eigenvalue weighted by Crippen LogP contribution is 2.34. The molecule has 1 unspecified atom stereocenters. The highest BCUT2D eigenvalue weighted by Gasteiger charge is 2.21. The Balaban J connectivity index is 1.85. The van der Waals surface area contributed by atoms with Crippen LogP contribution in [0.1, 0.15) is 28.4 Å². The monoisotopic (exact) mass is 327 g/mol. The quantitative estimate of drug-likeness (QED) is 0.528. The molecule has 0 aliphatic carbocycles. The van der Waals surface area contributed by atoms with E-state index < -0.39 is 0 Å². The molecule has 2 aromatic heterocycles. The van der Waals surface area contributed by atoms with Crippen LogP contribution in [0.15, 0.2) is 73.1 Å². The lowest BCUT2D eigenvalue weighted by Gasteiger charge is -2.21. The number of nitrogens with one attached hydrogen (secondary N) is 2. The Morgan fingerprint density at radius 2 is 1.72 bits per heavy atom. The second-order valence-corrected chi connectivity index (χ2v) is 6.44. The minimum Gasteiger partial charge on any atom is -0.374 e. The van der Waals surface area contributed by atoms with E-state index >= 15 is 0 Å². The molecule has 124 valence electrons. The van der Waals surface area contributed by atoms with Crippen LogP contribution in [0.5, 0.6) is 0 Å². The minimum atomic E-state index is 0.0348. The summed E-state index contributed by atoms with van der Waals surface area (Å²) in [4.78, 5) is 7.84. The molecule has 0 aliphatic rings. The molecule has 2 heterocycles. The van der Waals surface area contributed by atoms with Crippen molar-refractivity contribution in [1.82, 2.24) is 9.97 Å². The van der Waals surface area contributed by atoms with Crippen LogP contribution in [0, 0.1) is 13.8 Å². The topological polar surface area (TPSA) is 40.7 Å². The molecule has 2 aromatic carbocycles. The smallest absolute Gasteiger partial charge is 0.0805 e. The Morgan fingerprint density at radius 3 is 2.48 bits per heavy atom. The zero-order valence-electron chi connectivity index (χ0n) is 14.5. The van der Waals surface area contributed by atoms with Crippen LogP contribution in [-0.4, -0.2) is 9.97 Å². The minimum absolute atomic E-state index is 0.0348. The number of para-hydroxylation sites is 1. The van der Waals surface area contributed by atoms with E-state index in [2.05, 4.69) is 83.7 Å². The van der Waals surface area contributed by atoms with Gasteiger partial charge in [0.15, 0.2) is 0 Å². The van der Waals surface area contributed by atoms with Gasteiger partial charge in [-0.2, -0.15) is 0 Å². The number of aromatic amines is 1. The van der Waals surface area contributed by atoms with Crippen molar-refractivity contribution in [2.24, 2.45) is 0 Å². The maximum Gasteiger partial charge on any atom is 0.0805 e. The van der Waals surface area contributed by atoms with Crippen molar-refractivity contribution in [3.8, 4) is 0 Å². The largest absolute Gasteiger partial charge is 0.374 e. The van der Waals surface area contributed by atoms with Gasteiger partial charge in [0, 0.05) is 40.2 Å². The fourth-order valence-electron chi connectivity index (χ4n) is 3.36. The molecular weight excluding hydrogens is 306 g/mol. The van der Waals surface area contributed by atoms with Crippen LogP contribution in [0.4, 0.5) is 5.69 Å². The maximum atomic E-state index is 4.33. The van der Waals surface area contributed by atoms with Gasteiger partial charge in [-0.15, -0.1) is 0 Å². The summed E-state index contributed by atoms with van der Waals surface area (Å²) in [6.45, 7) is 4.24. The molecule has 4 aromatic rings. The summed E-state index contributed by atoms with van der Waals surface area (Å²) in [6.07, 6.45) is 3.75. The third kappa shape index (κ3) is 3.01. The molecule has 0 bridgehead atoms. The summed E-state index contributed by atoms with van der Waals surface area (Å²) in [6, 6.07) is 21.1. The molecule has 0 spiro atoms. The number of benzene rings is 2. The number of fused-ring (bicyclic) bond motifs is 1. The summed E-state index contributed by atoms with van der Waals surface area (Å²) in [5.74, 6) is 0. The lowest BCUT2D eigenvalue weighted by molar-refractivity contribution is 0.922. The molecule has 25 heavy (non-hydrogen) atoms. The van der Waals surface area contributed by atoms with E-state index in [0.717, 1.165) is 16.8 Å². The van der Waals surface area contributed by atoms with Crippen LogP contribution in [-0.2, 0) is 0 Å². The van der Waals surface area contributed by atoms with Crippen LogP contribution in [0.3, 0.4) is 0 Å². The van der Waals surface area contributed by atoms with Crippen molar-refractivity contribution in [2.75, 3.05) is 5.32 Å². The average molecular weight is 327 g/mol. The predicted molar refractivity (Wildman–Crippen MR) is 104 cm³/mol. The van der Waals surface area contributed by atoms with Gasteiger partial charge in [-0.1, -0.05) is 42.0 Å². The fourth-order valence-corrected chi connectivity index (χ4v) is 3.36. The first-order valence-corrected chi connectivity index (χ1v) is 8.53. The number of pyridine rings is 1. The summed E-state index contributed by atoms with van der Waals surface area (Å²) in [5, 5.41) is 4.94. The van der Waals surface area contributed by atoms with Crippen molar-refractivity contribution in [1.29, 1.82) is 0 Å². The Morgan fingerprint density at radius 1 is 0.920 bits per heavy atom. The summed E-state index contributed by atoms with van der Waals surface area (Å²) < 4.78 is 0. The first-order valence-electron chi connectivity index (χ1n) is 8.53. The molecular formula is C22H21N3. The average Bonchev–Trinajstić information content (AvgIpc) is 2.98. The Bertz CT molecular complexity index is 985. The number of hydrogen-bond acceptors (Lipinski definition) is 2. The number of anilines is 1. The van der Waals surface area contributed by atoms with Crippen molar-refractivity contribution in [3.63, 3.8) is 0 Å². The molecule has 0 saturated carbocycles. The highest BCUT2D eigenvalue weighted by molar-refractivity contribution is 5.86. The van der Waals surface area contributed by atoms with E-state index in [9.17, 15) is 0 Å². The predicted octanol–water partition coefficient (Wildman–Crippen LogP) is 5.38. The molecule has 1 atom stereocenters. The lowest BCUT2D eigenvalue weighted by atomic mass is 9.96. The Labute approximate surface area is 147 Å². The molecule has 2 N–H and O–H groups in total. The summed E-state index contributed by atoms with van der Waals surface area (Å²) in [7, 11) is 0. The third-order valence-electron chi connectivity index (χ3n) is 4.61. The number of aromatic nitrogens is 2. The zero-order chi connectivity index (χ0) is 17.2. The van der Waals surface area contributed by atoms with Crippen molar-refractivity contribution >= 4 is 16.6 Å². The van der Waals surface area contributed by atoms with E-state index in [1.54, 1.807) is 0 Å². The van der Waals surface area contributed by atoms with Gasteiger partial charge in [0.2, 0.25) is 0 Å².